The molecule has 1 aromatic carbocycles. The van der Waals surface area contributed by atoms with Crippen LogP contribution in [0, 0.1) is 5.92 Å². The molecule has 33 heavy (non-hydrogen) atoms. The molecule has 2 N–H and O–H groups in total. The smallest absolute Gasteiger partial charge is 0.245 e. The van der Waals surface area contributed by atoms with Crippen LogP contribution < -0.4 is 10.6 Å². The fourth-order valence-corrected chi connectivity index (χ4v) is 6.04. The van der Waals surface area contributed by atoms with Gasteiger partial charge in [0.15, 0.2) is 0 Å². The van der Waals surface area contributed by atoms with Crippen molar-refractivity contribution in [3.05, 3.63) is 36.5 Å². The van der Waals surface area contributed by atoms with Gasteiger partial charge in [-0.15, -0.1) is 0 Å². The van der Waals surface area contributed by atoms with Crippen LogP contribution in [0.2, 0.25) is 0 Å². The monoisotopic (exact) mass is 466 g/mol. The zero-order valence-corrected chi connectivity index (χ0v) is 19.3. The molecule has 2 saturated heterocycles. The Morgan fingerprint density at radius 2 is 2.03 bits per heavy atom. The summed E-state index contributed by atoms with van der Waals surface area (Å²) in [5, 5.41) is 10.8. The van der Waals surface area contributed by atoms with Crippen LogP contribution in [0.1, 0.15) is 39.5 Å². The third-order valence-corrected chi connectivity index (χ3v) is 7.58. The molecule has 4 heterocycles. The van der Waals surface area contributed by atoms with E-state index in [0.717, 1.165) is 23.1 Å². The second-order valence-electron chi connectivity index (χ2n) is 8.63. The van der Waals surface area contributed by atoms with Gasteiger partial charge in [0.2, 0.25) is 22.9 Å². The Morgan fingerprint density at radius 1 is 1.21 bits per heavy atom. The first-order chi connectivity index (χ1) is 16.0. The fraction of sp³-hybridized carbons (Fsp3) is 0.435. The van der Waals surface area contributed by atoms with Crippen LogP contribution in [0.25, 0.3) is 15.3 Å². The van der Waals surface area contributed by atoms with Crippen LogP contribution in [-0.2, 0) is 14.4 Å². The molecule has 0 saturated carbocycles. The Balaban J connectivity index is 1.32. The Bertz CT molecular complexity index is 1190. The van der Waals surface area contributed by atoms with Crippen molar-refractivity contribution < 1.29 is 14.4 Å². The van der Waals surface area contributed by atoms with Crippen molar-refractivity contribution in [1.29, 1.82) is 0 Å². The maximum absolute atomic E-state index is 13.3. The fourth-order valence-electron chi connectivity index (χ4n) is 5.10. The summed E-state index contributed by atoms with van der Waals surface area (Å²) in [6.07, 6.45) is 4.47. The summed E-state index contributed by atoms with van der Waals surface area (Å²) >= 11 is 1.51. The first-order valence-corrected chi connectivity index (χ1v) is 12.1. The third kappa shape index (κ3) is 3.88. The highest BCUT2D eigenvalue weighted by Gasteiger charge is 2.52. The largest absolute Gasteiger partial charge is 0.345 e. The summed E-state index contributed by atoms with van der Waals surface area (Å²) in [4.78, 5) is 44.4. The summed E-state index contributed by atoms with van der Waals surface area (Å²) in [7, 11) is 0. The number of hydrogen-bond acceptors (Lipinski definition) is 6. The van der Waals surface area contributed by atoms with E-state index < -0.39 is 6.04 Å². The van der Waals surface area contributed by atoms with Gasteiger partial charge >= 0.3 is 0 Å². The lowest BCUT2D eigenvalue weighted by molar-refractivity contribution is -0.137. The highest BCUT2D eigenvalue weighted by atomic mass is 32.1. The molecule has 0 radical (unpaired) electrons. The number of carbonyl (C=O) groups excluding carboxylic acids is 3. The number of nitrogens with zero attached hydrogens (tertiary/aromatic N) is 4. The third-order valence-electron chi connectivity index (χ3n) is 6.57. The van der Waals surface area contributed by atoms with E-state index in [1.807, 2.05) is 36.1 Å². The summed E-state index contributed by atoms with van der Waals surface area (Å²) in [6, 6.07) is 8.95. The van der Waals surface area contributed by atoms with Gasteiger partial charge in [0, 0.05) is 25.1 Å². The minimum absolute atomic E-state index is 0.0373. The Hall–Kier alpha value is -3.27. The van der Waals surface area contributed by atoms with Gasteiger partial charge in [-0.1, -0.05) is 30.4 Å². The van der Waals surface area contributed by atoms with Crippen molar-refractivity contribution in [2.24, 2.45) is 5.92 Å². The van der Waals surface area contributed by atoms with Gasteiger partial charge in [0.1, 0.15) is 11.9 Å². The lowest BCUT2D eigenvalue weighted by Crippen LogP contribution is -2.50. The van der Waals surface area contributed by atoms with Gasteiger partial charge in [-0.25, -0.2) is 4.98 Å². The quantitative estimate of drug-likeness (QED) is 0.581. The highest BCUT2D eigenvalue weighted by Crippen LogP contribution is 2.42. The topological polar surface area (TPSA) is 109 Å². The number of amides is 3. The number of hydrogen-bond donors (Lipinski definition) is 2. The molecule has 2 aliphatic rings. The van der Waals surface area contributed by atoms with Crippen molar-refractivity contribution in [3.8, 4) is 5.13 Å². The van der Waals surface area contributed by atoms with Gasteiger partial charge in [0.05, 0.1) is 22.3 Å². The number of thiazole rings is 1. The molecule has 0 spiro atoms. The molecule has 3 aromatic rings. The van der Waals surface area contributed by atoms with Crippen molar-refractivity contribution in [2.45, 2.75) is 57.7 Å². The van der Waals surface area contributed by atoms with Crippen LogP contribution >= 0.6 is 11.3 Å². The van der Waals surface area contributed by atoms with Crippen molar-refractivity contribution >= 4 is 45.1 Å². The molecule has 4 atom stereocenters. The predicted molar refractivity (Wildman–Crippen MR) is 125 cm³/mol. The minimum atomic E-state index is -0.548. The number of aromatic nitrogens is 3. The number of fused-ring (bicyclic) bond motifs is 3. The van der Waals surface area contributed by atoms with E-state index in [2.05, 4.69) is 20.7 Å². The van der Waals surface area contributed by atoms with E-state index in [1.165, 1.54) is 18.3 Å². The zero-order valence-electron chi connectivity index (χ0n) is 18.5. The maximum Gasteiger partial charge on any atom is 0.245 e. The number of rotatable bonds is 6. The number of para-hydroxylation sites is 1. The van der Waals surface area contributed by atoms with E-state index in [-0.39, 0.29) is 35.7 Å². The van der Waals surface area contributed by atoms with Crippen molar-refractivity contribution in [2.75, 3.05) is 5.32 Å². The first kappa shape index (κ1) is 21.6. The van der Waals surface area contributed by atoms with Crippen LogP contribution in [0.4, 0.5) is 5.82 Å². The summed E-state index contributed by atoms with van der Waals surface area (Å²) < 4.78 is 2.69. The van der Waals surface area contributed by atoms with E-state index >= 15 is 0 Å². The van der Waals surface area contributed by atoms with E-state index in [9.17, 15) is 14.4 Å². The zero-order chi connectivity index (χ0) is 23.1. The predicted octanol–water partition coefficient (Wildman–Crippen LogP) is 2.71. The Labute approximate surface area is 195 Å². The van der Waals surface area contributed by atoms with E-state index in [1.54, 1.807) is 16.9 Å². The van der Waals surface area contributed by atoms with Gasteiger partial charge < -0.3 is 15.5 Å². The van der Waals surface area contributed by atoms with E-state index in [4.69, 9.17) is 0 Å². The standard InChI is InChI=1S/C23H26N6O3S/c1-3-16(25-13(2)30)22(32)28-14-8-9-18(28)15(12-14)21(31)27-20-10-11-24-29(20)23-26-17-6-4-5-7-19(17)33-23/h4-7,10-11,14-16,18H,3,8-9,12H2,1-2H3,(H,25,30)(H,27,31)/t14?,15-,16?,18?/m0/s1. The van der Waals surface area contributed by atoms with Crippen LogP contribution in [0.3, 0.4) is 0 Å². The van der Waals surface area contributed by atoms with Crippen molar-refractivity contribution in [3.63, 3.8) is 0 Å². The number of carbonyl (C=O) groups is 3. The average molecular weight is 467 g/mol. The second-order valence-corrected chi connectivity index (χ2v) is 9.64. The molecule has 2 aromatic heterocycles. The van der Waals surface area contributed by atoms with Crippen LogP contribution in [0.15, 0.2) is 36.5 Å². The molecule has 3 unspecified atom stereocenters. The Kier molecular flexibility index (Phi) is 5.61. The average Bonchev–Trinajstić information content (AvgIpc) is 3.58. The van der Waals surface area contributed by atoms with Gasteiger partial charge in [-0.05, 0) is 37.8 Å². The number of nitrogens with one attached hydrogen (secondary N) is 2. The molecule has 10 heteroatoms. The van der Waals surface area contributed by atoms with Crippen molar-refractivity contribution in [1.82, 2.24) is 25.0 Å². The van der Waals surface area contributed by atoms with Gasteiger partial charge in [0.25, 0.3) is 0 Å². The van der Waals surface area contributed by atoms with Crippen LogP contribution in [0.5, 0.6) is 0 Å². The van der Waals surface area contributed by atoms with Gasteiger partial charge in [-0.3, -0.25) is 14.4 Å². The normalized spacial score (nSPS) is 22.5. The molecule has 3 amide bonds. The Morgan fingerprint density at radius 3 is 2.79 bits per heavy atom. The summed E-state index contributed by atoms with van der Waals surface area (Å²) in [5.41, 5.74) is 0.886. The molecular weight excluding hydrogens is 440 g/mol. The van der Waals surface area contributed by atoms with E-state index in [0.29, 0.717) is 23.8 Å². The molecular formula is C23H26N6O3S. The second kappa shape index (κ2) is 8.58. The van der Waals surface area contributed by atoms with Crippen LogP contribution in [-0.4, -0.2) is 55.5 Å². The lowest BCUT2D eigenvalue weighted by Gasteiger charge is -2.28. The first-order valence-electron chi connectivity index (χ1n) is 11.3. The summed E-state index contributed by atoms with van der Waals surface area (Å²) in [5.74, 6) is -0.157. The van der Waals surface area contributed by atoms with Gasteiger partial charge in [-0.2, -0.15) is 9.78 Å². The molecule has 2 aliphatic heterocycles. The maximum atomic E-state index is 13.3. The molecule has 172 valence electrons. The molecule has 2 bridgehead atoms. The minimum Gasteiger partial charge on any atom is -0.345 e. The number of benzene rings is 1. The lowest BCUT2D eigenvalue weighted by atomic mass is 9.88. The number of anilines is 1. The molecule has 5 rings (SSSR count). The SMILES string of the molecule is CCC(NC(C)=O)C(=O)N1C2CCC1[C@@H](C(=O)Nc1ccnn1-c1nc3ccccc3s1)C2. The molecule has 2 fully saturated rings. The molecule has 0 aliphatic carbocycles. The highest BCUT2D eigenvalue weighted by molar-refractivity contribution is 7.20. The summed E-state index contributed by atoms with van der Waals surface area (Å²) in [6.45, 7) is 3.29. The molecule has 9 nitrogen and oxygen atoms in total.